The van der Waals surface area contributed by atoms with Crippen molar-refractivity contribution in [2.45, 2.75) is 95.1 Å². The monoisotopic (exact) mass is 276 g/mol. The fraction of sp³-hybridized carbons (Fsp3) is 1.00. The molecule has 0 spiro atoms. The Kier molecular flexibility index (Phi) is 9.81. The molecule has 0 bridgehead atoms. The quantitative estimate of drug-likeness (QED) is 0.304. The summed E-state index contributed by atoms with van der Waals surface area (Å²) in [7, 11) is 0.171. The summed E-state index contributed by atoms with van der Waals surface area (Å²) in [6.45, 7) is 0. The molecule has 1 rings (SSSR count). The lowest BCUT2D eigenvalue weighted by molar-refractivity contribution is 0.133. The third-order valence-electron chi connectivity index (χ3n) is 4.26. The van der Waals surface area contributed by atoms with Crippen LogP contribution in [0.25, 0.3) is 0 Å². The molecule has 0 saturated heterocycles. The van der Waals surface area contributed by atoms with Crippen LogP contribution in [0.2, 0.25) is 11.6 Å². The Labute approximate surface area is 114 Å². The lowest BCUT2D eigenvalue weighted by Crippen LogP contribution is -2.02. The second kappa shape index (κ2) is 11.0. The molecule has 3 heteroatoms. The van der Waals surface area contributed by atoms with E-state index in [0.717, 1.165) is 18.4 Å². The van der Waals surface area contributed by atoms with E-state index < -0.39 is 6.43 Å². The van der Waals surface area contributed by atoms with E-state index in [1.165, 1.54) is 63.8 Å². The summed E-state index contributed by atoms with van der Waals surface area (Å²) >= 11 is 0. The van der Waals surface area contributed by atoms with Crippen LogP contribution in [0.3, 0.4) is 0 Å². The zero-order chi connectivity index (χ0) is 13.1. The molecule has 0 unspecified atom stereocenters. The van der Waals surface area contributed by atoms with E-state index in [1.807, 2.05) is 0 Å². The largest absolute Gasteiger partial charge is 0.238 e. The van der Waals surface area contributed by atoms with Gasteiger partial charge in [0.25, 0.3) is 0 Å². The summed E-state index contributed by atoms with van der Waals surface area (Å²) in [5.74, 6) is 0. The molecule has 0 aromatic rings. The highest BCUT2D eigenvalue weighted by molar-refractivity contribution is 6.37. The van der Waals surface area contributed by atoms with E-state index in [4.69, 9.17) is 0 Å². The molecule has 0 amide bonds. The van der Waals surface area contributed by atoms with Gasteiger partial charge in [0.05, 0.1) is 0 Å². The maximum Gasteiger partial charge on any atom is 0.238 e. The minimum absolute atomic E-state index is 0.108. The SMILES string of the molecule is FC(F)CCCCCCC[SiH2]C1CCCCCC1. The summed E-state index contributed by atoms with van der Waals surface area (Å²) in [6, 6.07) is 1.50. The number of hydrogen-bond donors (Lipinski definition) is 0. The van der Waals surface area contributed by atoms with Gasteiger partial charge in [0.1, 0.15) is 0 Å². The van der Waals surface area contributed by atoms with Crippen molar-refractivity contribution in [1.82, 2.24) is 0 Å². The van der Waals surface area contributed by atoms with Crippen LogP contribution in [0.1, 0.15) is 77.0 Å². The predicted molar refractivity (Wildman–Crippen MR) is 78.5 cm³/mol. The first-order chi connectivity index (χ1) is 8.79. The molecule has 0 aromatic heterocycles. The van der Waals surface area contributed by atoms with Crippen molar-refractivity contribution < 1.29 is 8.78 Å². The van der Waals surface area contributed by atoms with Crippen LogP contribution in [0, 0.1) is 0 Å². The van der Waals surface area contributed by atoms with Gasteiger partial charge in [-0.25, -0.2) is 8.78 Å². The van der Waals surface area contributed by atoms with Gasteiger partial charge in [0, 0.05) is 15.9 Å². The molecule has 0 nitrogen and oxygen atoms in total. The van der Waals surface area contributed by atoms with Gasteiger partial charge in [-0.15, -0.1) is 0 Å². The maximum atomic E-state index is 11.9. The Morgan fingerprint density at radius 1 is 0.833 bits per heavy atom. The molecule has 1 aliphatic rings. The van der Waals surface area contributed by atoms with Crippen LogP contribution < -0.4 is 0 Å². The summed E-state index contributed by atoms with van der Waals surface area (Å²) < 4.78 is 23.8. The Morgan fingerprint density at radius 2 is 1.44 bits per heavy atom. The summed E-state index contributed by atoms with van der Waals surface area (Å²) in [5.41, 5.74) is 1.13. The standard InChI is InChI=1S/C15H30F2Si/c16-15(17)12-8-2-1-5-9-13-18-14-10-6-3-4-7-11-14/h14-15H,1-13,18H2. The highest BCUT2D eigenvalue weighted by Gasteiger charge is 2.11. The number of unbranched alkanes of at least 4 members (excludes halogenated alkanes) is 4. The molecule has 1 aliphatic carbocycles. The molecule has 0 aliphatic heterocycles. The molecule has 0 atom stereocenters. The molecular formula is C15H30F2Si. The van der Waals surface area contributed by atoms with Gasteiger partial charge in [0.2, 0.25) is 6.43 Å². The number of alkyl halides is 2. The molecule has 0 aromatic carbocycles. The van der Waals surface area contributed by atoms with Crippen LogP contribution in [-0.4, -0.2) is 15.9 Å². The fourth-order valence-corrected chi connectivity index (χ4v) is 5.47. The van der Waals surface area contributed by atoms with Crippen molar-refractivity contribution in [2.75, 3.05) is 0 Å². The average molecular weight is 276 g/mol. The number of rotatable bonds is 9. The highest BCUT2D eigenvalue weighted by Crippen LogP contribution is 2.27. The lowest BCUT2D eigenvalue weighted by Gasteiger charge is -2.12. The van der Waals surface area contributed by atoms with Gasteiger partial charge in [-0.2, -0.15) is 0 Å². The smallest absolute Gasteiger partial charge is 0.211 e. The van der Waals surface area contributed by atoms with E-state index in [-0.39, 0.29) is 15.9 Å². The van der Waals surface area contributed by atoms with Gasteiger partial charge in [-0.05, 0) is 6.42 Å². The highest BCUT2D eigenvalue weighted by atomic mass is 28.2. The number of hydrogen-bond acceptors (Lipinski definition) is 0. The van der Waals surface area contributed by atoms with Crippen molar-refractivity contribution >= 4 is 9.52 Å². The van der Waals surface area contributed by atoms with Gasteiger partial charge in [0.15, 0.2) is 0 Å². The Bertz CT molecular complexity index is 177. The van der Waals surface area contributed by atoms with Crippen LogP contribution in [0.4, 0.5) is 8.78 Å². The van der Waals surface area contributed by atoms with E-state index in [2.05, 4.69) is 0 Å². The van der Waals surface area contributed by atoms with Crippen molar-refractivity contribution in [1.29, 1.82) is 0 Å². The summed E-state index contributed by atoms with van der Waals surface area (Å²) in [4.78, 5) is 0. The summed E-state index contributed by atoms with van der Waals surface area (Å²) in [6.07, 6.45) is 12.5. The van der Waals surface area contributed by atoms with Crippen molar-refractivity contribution in [3.05, 3.63) is 0 Å². The summed E-state index contributed by atoms with van der Waals surface area (Å²) in [5, 5.41) is 0. The molecule has 0 radical (unpaired) electrons. The van der Waals surface area contributed by atoms with Crippen LogP contribution in [0.5, 0.6) is 0 Å². The average Bonchev–Trinajstić information content (AvgIpc) is 2.61. The molecule has 0 heterocycles. The number of halogens is 2. The Hall–Kier alpha value is 0.0769. The first-order valence-corrected chi connectivity index (χ1v) is 9.89. The van der Waals surface area contributed by atoms with Gasteiger partial charge in [-0.1, -0.05) is 75.8 Å². The van der Waals surface area contributed by atoms with Gasteiger partial charge < -0.3 is 0 Å². The fourth-order valence-electron chi connectivity index (χ4n) is 3.09. The third-order valence-corrected chi connectivity index (χ3v) is 6.80. The zero-order valence-electron chi connectivity index (χ0n) is 11.8. The maximum absolute atomic E-state index is 11.9. The van der Waals surface area contributed by atoms with Crippen LogP contribution >= 0.6 is 0 Å². The minimum atomic E-state index is -2.09. The first-order valence-electron chi connectivity index (χ1n) is 8.07. The molecule has 1 fully saturated rings. The Morgan fingerprint density at radius 3 is 2.11 bits per heavy atom. The van der Waals surface area contributed by atoms with Crippen LogP contribution in [-0.2, 0) is 0 Å². The zero-order valence-corrected chi connectivity index (χ0v) is 13.2. The van der Waals surface area contributed by atoms with Crippen molar-refractivity contribution in [2.24, 2.45) is 0 Å². The second-order valence-corrected chi connectivity index (χ2v) is 8.39. The van der Waals surface area contributed by atoms with E-state index in [9.17, 15) is 8.78 Å². The second-order valence-electron chi connectivity index (χ2n) is 5.95. The predicted octanol–water partition coefficient (Wildman–Crippen LogP) is 5.32. The normalized spacial score (nSPS) is 18.8. The van der Waals surface area contributed by atoms with E-state index in [1.54, 1.807) is 0 Å². The third kappa shape index (κ3) is 9.07. The van der Waals surface area contributed by atoms with Gasteiger partial charge >= 0.3 is 0 Å². The van der Waals surface area contributed by atoms with E-state index >= 15 is 0 Å². The Balaban J connectivity index is 1.83. The first kappa shape index (κ1) is 16.1. The molecule has 0 N–H and O–H groups in total. The molecule has 18 heavy (non-hydrogen) atoms. The lowest BCUT2D eigenvalue weighted by atomic mass is 10.1. The van der Waals surface area contributed by atoms with Crippen molar-refractivity contribution in [3.63, 3.8) is 0 Å². The topological polar surface area (TPSA) is 0 Å². The molecule has 108 valence electrons. The van der Waals surface area contributed by atoms with Crippen molar-refractivity contribution in [3.8, 4) is 0 Å². The molecule has 1 saturated carbocycles. The molecular weight excluding hydrogens is 246 g/mol. The van der Waals surface area contributed by atoms with E-state index in [0.29, 0.717) is 0 Å². The van der Waals surface area contributed by atoms with Gasteiger partial charge in [-0.3, -0.25) is 0 Å². The van der Waals surface area contributed by atoms with Crippen LogP contribution in [0.15, 0.2) is 0 Å². The minimum Gasteiger partial charge on any atom is -0.211 e.